The molecule has 0 unspecified atom stereocenters. The summed E-state index contributed by atoms with van der Waals surface area (Å²) < 4.78 is 11.2. The first-order valence-electron chi connectivity index (χ1n) is 6.16. The zero-order chi connectivity index (χ0) is 12.1. The molecule has 2 rings (SSSR count). The van der Waals surface area contributed by atoms with E-state index in [4.69, 9.17) is 9.15 Å². The van der Waals surface area contributed by atoms with Gasteiger partial charge in [-0.1, -0.05) is 26.0 Å². The molecule has 2 aromatic rings. The third-order valence-corrected chi connectivity index (χ3v) is 3.00. The lowest BCUT2D eigenvalue weighted by Crippen LogP contribution is -2.27. The van der Waals surface area contributed by atoms with E-state index in [9.17, 15) is 0 Å². The molecule has 0 spiro atoms. The number of rotatable bonds is 6. The summed E-state index contributed by atoms with van der Waals surface area (Å²) in [4.78, 5) is 2.34. The lowest BCUT2D eigenvalue weighted by atomic mass is 10.2. The minimum absolute atomic E-state index is 0.696. The van der Waals surface area contributed by atoms with Gasteiger partial charge < -0.3 is 14.1 Å². The maximum absolute atomic E-state index is 5.78. The monoisotopic (exact) mass is 233 g/mol. The summed E-state index contributed by atoms with van der Waals surface area (Å²) in [5.41, 5.74) is 0.840. The third kappa shape index (κ3) is 2.80. The third-order valence-electron chi connectivity index (χ3n) is 3.00. The Balaban J connectivity index is 1.97. The molecule has 3 heteroatoms. The van der Waals surface area contributed by atoms with Crippen molar-refractivity contribution in [2.45, 2.75) is 13.8 Å². The second kappa shape index (κ2) is 5.73. The predicted molar refractivity (Wildman–Crippen MR) is 69.5 cm³/mol. The Morgan fingerprint density at radius 1 is 1.18 bits per heavy atom. The van der Waals surface area contributed by atoms with Crippen molar-refractivity contribution in [3.05, 3.63) is 30.5 Å². The average molecular weight is 233 g/mol. The molecular formula is C14H19NO2. The first-order valence-corrected chi connectivity index (χ1v) is 6.16. The largest absolute Gasteiger partial charge is 0.488 e. The van der Waals surface area contributed by atoms with Gasteiger partial charge in [-0.05, 0) is 25.2 Å². The lowest BCUT2D eigenvalue weighted by molar-refractivity contribution is 0.223. The van der Waals surface area contributed by atoms with Gasteiger partial charge in [0.1, 0.15) is 6.61 Å². The van der Waals surface area contributed by atoms with Crippen molar-refractivity contribution < 1.29 is 9.15 Å². The minimum Gasteiger partial charge on any atom is -0.488 e. The van der Waals surface area contributed by atoms with Crippen molar-refractivity contribution in [1.82, 2.24) is 4.90 Å². The highest BCUT2D eigenvalue weighted by Crippen LogP contribution is 2.26. The summed E-state index contributed by atoms with van der Waals surface area (Å²) in [6, 6.07) is 7.92. The molecular weight excluding hydrogens is 214 g/mol. The van der Waals surface area contributed by atoms with E-state index in [2.05, 4.69) is 18.7 Å². The van der Waals surface area contributed by atoms with Crippen LogP contribution in [0.3, 0.4) is 0 Å². The van der Waals surface area contributed by atoms with Crippen LogP contribution in [0.2, 0.25) is 0 Å². The molecule has 0 aliphatic carbocycles. The molecule has 0 bridgehead atoms. The van der Waals surface area contributed by atoms with Gasteiger partial charge in [0.15, 0.2) is 11.3 Å². The second-order valence-electron chi connectivity index (χ2n) is 3.97. The van der Waals surface area contributed by atoms with Gasteiger partial charge in [0.2, 0.25) is 0 Å². The van der Waals surface area contributed by atoms with Crippen molar-refractivity contribution >= 4 is 11.0 Å². The van der Waals surface area contributed by atoms with E-state index in [1.807, 2.05) is 24.3 Å². The highest BCUT2D eigenvalue weighted by Gasteiger charge is 2.05. The fraction of sp³-hybridized carbons (Fsp3) is 0.429. The van der Waals surface area contributed by atoms with Crippen LogP contribution in [-0.2, 0) is 0 Å². The number of fused-ring (bicyclic) bond motifs is 1. The molecule has 0 fully saturated rings. The number of nitrogens with zero attached hydrogens (tertiary/aromatic N) is 1. The van der Waals surface area contributed by atoms with E-state index in [0.717, 1.165) is 36.4 Å². The molecule has 0 atom stereocenters. The Labute approximate surface area is 102 Å². The Kier molecular flexibility index (Phi) is 4.04. The van der Waals surface area contributed by atoms with E-state index < -0.39 is 0 Å². The van der Waals surface area contributed by atoms with Crippen LogP contribution >= 0.6 is 0 Å². The first-order chi connectivity index (χ1) is 8.35. The molecule has 17 heavy (non-hydrogen) atoms. The maximum Gasteiger partial charge on any atom is 0.175 e. The molecule has 92 valence electrons. The van der Waals surface area contributed by atoms with Gasteiger partial charge in [0.25, 0.3) is 0 Å². The van der Waals surface area contributed by atoms with Gasteiger partial charge in [-0.15, -0.1) is 0 Å². The van der Waals surface area contributed by atoms with Crippen molar-refractivity contribution in [3.8, 4) is 5.75 Å². The molecule has 0 aliphatic rings. The Hall–Kier alpha value is -1.48. The Morgan fingerprint density at radius 3 is 2.76 bits per heavy atom. The number of furan rings is 1. The van der Waals surface area contributed by atoms with E-state index in [1.54, 1.807) is 6.26 Å². The summed E-state index contributed by atoms with van der Waals surface area (Å²) in [6.45, 7) is 8.09. The molecule has 1 aromatic heterocycles. The number of para-hydroxylation sites is 1. The van der Waals surface area contributed by atoms with Crippen molar-refractivity contribution in [3.63, 3.8) is 0 Å². The maximum atomic E-state index is 5.78. The van der Waals surface area contributed by atoms with Gasteiger partial charge in [0, 0.05) is 11.9 Å². The van der Waals surface area contributed by atoms with Gasteiger partial charge in [0.05, 0.1) is 6.26 Å². The van der Waals surface area contributed by atoms with Crippen LogP contribution < -0.4 is 4.74 Å². The van der Waals surface area contributed by atoms with Crippen LogP contribution in [0.1, 0.15) is 13.8 Å². The second-order valence-corrected chi connectivity index (χ2v) is 3.97. The van der Waals surface area contributed by atoms with E-state index in [-0.39, 0.29) is 0 Å². The molecule has 1 aromatic carbocycles. The van der Waals surface area contributed by atoms with Crippen LogP contribution in [0.5, 0.6) is 5.75 Å². The Bertz CT molecular complexity index is 460. The predicted octanol–water partition coefficient (Wildman–Crippen LogP) is 3.15. The molecule has 0 radical (unpaired) electrons. The van der Waals surface area contributed by atoms with E-state index in [0.29, 0.717) is 6.61 Å². The zero-order valence-corrected chi connectivity index (χ0v) is 10.5. The fourth-order valence-electron chi connectivity index (χ4n) is 1.90. The number of benzene rings is 1. The van der Waals surface area contributed by atoms with Crippen LogP contribution in [0.4, 0.5) is 0 Å². The SMILES string of the molecule is CCN(CC)CCOc1cccc2ccoc12. The molecule has 0 N–H and O–H groups in total. The standard InChI is InChI=1S/C14H19NO2/c1-3-15(4-2)9-11-16-13-7-5-6-12-8-10-17-14(12)13/h5-8,10H,3-4,9,11H2,1-2H3. The quantitative estimate of drug-likeness (QED) is 0.766. The normalized spacial score (nSPS) is 11.2. The van der Waals surface area contributed by atoms with Gasteiger partial charge in [-0.2, -0.15) is 0 Å². The lowest BCUT2D eigenvalue weighted by Gasteiger charge is -2.17. The number of likely N-dealkylation sites (N-methyl/N-ethyl adjacent to an activating group) is 1. The van der Waals surface area contributed by atoms with Gasteiger partial charge >= 0.3 is 0 Å². The van der Waals surface area contributed by atoms with E-state index in [1.165, 1.54) is 0 Å². The molecule has 0 amide bonds. The number of hydrogen-bond donors (Lipinski definition) is 0. The Morgan fingerprint density at radius 2 is 2.00 bits per heavy atom. The molecule has 0 aliphatic heterocycles. The van der Waals surface area contributed by atoms with Crippen molar-refractivity contribution in [2.75, 3.05) is 26.2 Å². The van der Waals surface area contributed by atoms with Crippen LogP contribution in [-0.4, -0.2) is 31.1 Å². The topological polar surface area (TPSA) is 25.6 Å². The van der Waals surface area contributed by atoms with E-state index >= 15 is 0 Å². The van der Waals surface area contributed by atoms with Crippen molar-refractivity contribution in [1.29, 1.82) is 0 Å². The van der Waals surface area contributed by atoms with Gasteiger partial charge in [-0.3, -0.25) is 0 Å². The van der Waals surface area contributed by atoms with Crippen LogP contribution in [0.25, 0.3) is 11.0 Å². The number of hydrogen-bond acceptors (Lipinski definition) is 3. The smallest absolute Gasteiger partial charge is 0.175 e. The molecule has 0 saturated carbocycles. The van der Waals surface area contributed by atoms with Crippen LogP contribution in [0, 0.1) is 0 Å². The van der Waals surface area contributed by atoms with Gasteiger partial charge in [-0.25, -0.2) is 0 Å². The summed E-state index contributed by atoms with van der Waals surface area (Å²) in [7, 11) is 0. The highest BCUT2D eigenvalue weighted by molar-refractivity contribution is 5.82. The summed E-state index contributed by atoms with van der Waals surface area (Å²) >= 11 is 0. The van der Waals surface area contributed by atoms with Crippen molar-refractivity contribution in [2.24, 2.45) is 0 Å². The molecule has 0 saturated heterocycles. The summed E-state index contributed by atoms with van der Waals surface area (Å²) in [6.07, 6.45) is 1.70. The molecule has 3 nitrogen and oxygen atoms in total. The molecule has 1 heterocycles. The highest BCUT2D eigenvalue weighted by atomic mass is 16.5. The minimum atomic E-state index is 0.696. The average Bonchev–Trinajstić information content (AvgIpc) is 2.83. The zero-order valence-electron chi connectivity index (χ0n) is 10.5. The summed E-state index contributed by atoms with van der Waals surface area (Å²) in [5.74, 6) is 0.833. The number of ether oxygens (including phenoxy) is 1. The fourth-order valence-corrected chi connectivity index (χ4v) is 1.90. The van der Waals surface area contributed by atoms with Crippen LogP contribution in [0.15, 0.2) is 34.9 Å². The summed E-state index contributed by atoms with van der Waals surface area (Å²) in [5, 5.41) is 1.09. The first kappa shape index (κ1) is 12.0.